The summed E-state index contributed by atoms with van der Waals surface area (Å²) in [6.07, 6.45) is 0. The normalized spacial score (nSPS) is 6.29. The summed E-state index contributed by atoms with van der Waals surface area (Å²) in [4.78, 5) is 36.1. The maximum absolute atomic E-state index is 9.10. The molecule has 0 amide bonds. The molecule has 0 spiro atoms. The Bertz CT molecular complexity index is 177. The summed E-state index contributed by atoms with van der Waals surface area (Å²) in [6, 6.07) is 0. The van der Waals surface area contributed by atoms with Crippen LogP contribution in [0.15, 0.2) is 0 Å². The number of carbonyl (C=O) groups is 4. The van der Waals surface area contributed by atoms with E-state index in [1.807, 2.05) is 0 Å². The van der Waals surface area contributed by atoms with E-state index in [4.69, 9.17) is 39.6 Å². The minimum absolute atomic E-state index is 0. The van der Waals surface area contributed by atoms with Crippen molar-refractivity contribution in [2.45, 2.75) is 0 Å². The molecule has 0 bridgehead atoms. The second-order valence-corrected chi connectivity index (χ2v) is 1.19. The van der Waals surface area contributed by atoms with E-state index in [1.54, 1.807) is 0 Å². The van der Waals surface area contributed by atoms with Crippen LogP contribution in [-0.2, 0) is 46.5 Å². The van der Waals surface area contributed by atoms with Crippen LogP contribution in [0.2, 0.25) is 0 Å². The molecule has 0 aromatic rings. The molecule has 0 atom stereocenters. The van der Waals surface area contributed by atoms with Gasteiger partial charge in [-0.15, -0.1) is 0 Å². The van der Waals surface area contributed by atoms with Crippen LogP contribution in [0.3, 0.4) is 0 Å². The molecule has 14 heavy (non-hydrogen) atoms. The monoisotopic (exact) mass is 430 g/mol. The predicted octanol–water partition coefficient (Wildman–Crippen LogP) is -4.74. The summed E-state index contributed by atoms with van der Waals surface area (Å²) in [7, 11) is 0. The zero-order chi connectivity index (χ0) is 10.3. The Hall–Kier alpha value is 0.374. The Morgan fingerprint density at radius 2 is 0.929 bits per heavy atom. The van der Waals surface area contributed by atoms with Crippen LogP contribution in [0.5, 0.6) is 0 Å². The zero-order valence-electron chi connectivity index (χ0n) is 6.76. The third-order valence-corrected chi connectivity index (χ3v) is 0.350. The van der Waals surface area contributed by atoms with E-state index in [0.29, 0.717) is 0 Å². The van der Waals surface area contributed by atoms with Gasteiger partial charge in [0.15, 0.2) is 0 Å². The molecule has 0 aliphatic carbocycles. The largest absolute Gasteiger partial charge is 2.00 e. The molecule has 0 saturated carbocycles. The van der Waals surface area contributed by atoms with Gasteiger partial charge in [0.2, 0.25) is 0 Å². The van der Waals surface area contributed by atoms with Gasteiger partial charge in [-0.2, -0.15) is 0 Å². The van der Waals surface area contributed by atoms with Crippen LogP contribution in [0.4, 0.5) is 0 Å². The van der Waals surface area contributed by atoms with E-state index in [2.05, 4.69) is 0 Å². The molecule has 0 aliphatic rings. The van der Waals surface area contributed by atoms with Gasteiger partial charge < -0.3 is 30.0 Å². The van der Waals surface area contributed by atoms with Crippen molar-refractivity contribution in [2.75, 3.05) is 0 Å². The van der Waals surface area contributed by atoms with Crippen molar-refractivity contribution in [3.05, 3.63) is 0 Å². The average Bonchev–Trinajstić information content (AvgIpc) is 1.88. The van der Waals surface area contributed by atoms with Gasteiger partial charge in [0.25, 0.3) is 0 Å². The fraction of sp³-hybridized carbons (Fsp3) is 0. The first-order valence-electron chi connectivity index (χ1n) is 2.17. The Morgan fingerprint density at radius 1 is 0.786 bits per heavy atom. The molecule has 0 radical (unpaired) electrons. The first-order chi connectivity index (χ1) is 5.29. The minimum atomic E-state index is -2.19. The molecule has 0 fully saturated rings. The van der Waals surface area contributed by atoms with E-state index in [1.165, 1.54) is 0 Å². The van der Waals surface area contributed by atoms with Crippen LogP contribution in [0.1, 0.15) is 0 Å². The molecule has 0 aromatic heterocycles. The smallest absolute Gasteiger partial charge is 0.543 e. The number of carboxylic acid groups (broad SMARTS) is 4. The minimum Gasteiger partial charge on any atom is -0.543 e. The summed E-state index contributed by atoms with van der Waals surface area (Å²) in [5, 5.41) is 32.6. The number of aliphatic carboxylic acids is 4. The topological polar surface area (TPSA) is 155 Å². The van der Waals surface area contributed by atoms with Gasteiger partial charge in [0.1, 0.15) is 0 Å². The molecule has 8 nitrogen and oxygen atoms in total. The molecule has 0 aromatic carbocycles. The van der Waals surface area contributed by atoms with Crippen LogP contribution in [0, 0.1) is 0 Å². The van der Waals surface area contributed by atoms with Crippen molar-refractivity contribution in [1.29, 1.82) is 0 Å². The summed E-state index contributed by atoms with van der Waals surface area (Å²) >= 11 is 0. The van der Waals surface area contributed by atoms with Crippen LogP contribution in [-0.4, -0.2) is 83.0 Å². The molecule has 2 N–H and O–H groups in total. The first-order valence-corrected chi connectivity index (χ1v) is 2.17. The van der Waals surface area contributed by atoms with Gasteiger partial charge in [-0.25, -0.2) is 9.59 Å². The molecule has 0 unspecified atom stereocenters. The summed E-state index contributed by atoms with van der Waals surface area (Å²) in [5.41, 5.74) is 0. The number of carbonyl (C=O) groups excluding carboxylic acids is 2. The van der Waals surface area contributed by atoms with Crippen molar-refractivity contribution < 1.29 is 66.9 Å². The summed E-state index contributed by atoms with van der Waals surface area (Å²) < 4.78 is 0. The number of hydrogen-bond donors (Lipinski definition) is 2. The predicted molar refractivity (Wildman–Crippen MR) is 31.0 cm³/mol. The Balaban J connectivity index is -0.0000000625. The Kier molecular flexibility index (Phi) is 22.8. The van der Waals surface area contributed by atoms with E-state index in [9.17, 15) is 0 Å². The third-order valence-electron chi connectivity index (χ3n) is 0.350. The maximum Gasteiger partial charge on any atom is 2.00 e. The quantitative estimate of drug-likeness (QED) is 0.288. The van der Waals surface area contributed by atoms with Gasteiger partial charge in [-0.05, 0) is 0 Å². The standard InChI is InChI=1S/2C2H2O4.Ba.Cd/c2*3-1(4)2(5)6;;/h2*(H,3,4)(H,5,6);;/q;;+2;/p-2. The van der Waals surface area contributed by atoms with Crippen molar-refractivity contribution in [1.82, 2.24) is 0 Å². The summed E-state index contributed by atoms with van der Waals surface area (Å²) in [5.74, 6) is -8.02. The van der Waals surface area contributed by atoms with Gasteiger partial charge in [-0.1, -0.05) is 0 Å². The fourth-order valence-electron chi connectivity index (χ4n) is 0. The van der Waals surface area contributed by atoms with E-state index >= 15 is 0 Å². The van der Waals surface area contributed by atoms with Crippen molar-refractivity contribution in [3.63, 3.8) is 0 Å². The second-order valence-electron chi connectivity index (χ2n) is 1.19. The first kappa shape index (κ1) is 23.9. The van der Waals surface area contributed by atoms with Gasteiger partial charge in [0, 0.05) is 27.3 Å². The maximum atomic E-state index is 9.10. The molecular weight excluding hydrogens is 426 g/mol. The fourth-order valence-corrected chi connectivity index (χ4v) is 0. The number of hydrogen-bond acceptors (Lipinski definition) is 6. The third kappa shape index (κ3) is 22.8. The number of carboxylic acids is 4. The molecular formula is C4H2BaCdO8. The van der Waals surface area contributed by atoms with Crippen LogP contribution in [0.25, 0.3) is 0 Å². The van der Waals surface area contributed by atoms with Crippen LogP contribution < -0.4 is 10.2 Å². The van der Waals surface area contributed by atoms with Gasteiger partial charge in [-0.3, -0.25) is 0 Å². The van der Waals surface area contributed by atoms with E-state index in [-0.39, 0.29) is 76.2 Å². The van der Waals surface area contributed by atoms with Gasteiger partial charge >= 0.3 is 60.8 Å². The van der Waals surface area contributed by atoms with Crippen molar-refractivity contribution in [3.8, 4) is 0 Å². The van der Waals surface area contributed by atoms with E-state index in [0.717, 1.165) is 0 Å². The van der Waals surface area contributed by atoms with Crippen molar-refractivity contribution in [2.24, 2.45) is 0 Å². The van der Waals surface area contributed by atoms with Crippen molar-refractivity contribution >= 4 is 72.8 Å². The Morgan fingerprint density at radius 3 is 0.929 bits per heavy atom. The molecule has 0 heterocycles. The van der Waals surface area contributed by atoms with Gasteiger partial charge in [0.05, 0.1) is 11.9 Å². The molecule has 0 rings (SSSR count). The Labute approximate surface area is 138 Å². The molecule has 10 heteroatoms. The number of rotatable bonds is 0. The molecule has 0 aliphatic heterocycles. The molecule has 70 valence electrons. The van der Waals surface area contributed by atoms with E-state index < -0.39 is 23.9 Å². The second kappa shape index (κ2) is 13.4. The van der Waals surface area contributed by atoms with Crippen LogP contribution >= 0.6 is 0 Å². The zero-order valence-corrected chi connectivity index (χ0v) is 15.2. The average molecular weight is 428 g/mol. The molecule has 0 saturated heterocycles. The summed E-state index contributed by atoms with van der Waals surface area (Å²) in [6.45, 7) is 0. The SMILES string of the molecule is O=C(O)C(=O)O.O=C([O-])C(=O)[O-].[Ba+2].[Cd].